The second-order valence-corrected chi connectivity index (χ2v) is 8.97. The van der Waals surface area contributed by atoms with Gasteiger partial charge < -0.3 is 10.5 Å². The summed E-state index contributed by atoms with van der Waals surface area (Å²) in [6.07, 6.45) is 6.10. The number of rotatable bonds is 5. The van der Waals surface area contributed by atoms with E-state index in [9.17, 15) is 13.2 Å². The number of anilines is 1. The van der Waals surface area contributed by atoms with Gasteiger partial charge in [0.25, 0.3) is 0 Å². The third kappa shape index (κ3) is 4.14. The number of aromatic nitrogens is 1. The summed E-state index contributed by atoms with van der Waals surface area (Å²) in [7, 11) is -2.75. The molecule has 1 aliphatic rings. The fraction of sp³-hybridized carbons (Fsp3) is 0.389. The first-order valence-electron chi connectivity index (χ1n) is 9.00. The van der Waals surface area contributed by atoms with Crippen LogP contribution in [0.15, 0.2) is 35.5 Å². The number of halogens is 1. The standard InChI is InChI=1S/C18H22ClN5O4S/c1-28-16(25)18(7-3-2-4-8-18)23-29(26,27)13-5-6-14-12(9-13)10-22-11-15(14)24(19)17(20)21/h5-6,9-11,23H,2-4,7-8H2,1H3,(H3,20,21). The maximum atomic E-state index is 13.1. The first-order valence-corrected chi connectivity index (χ1v) is 10.8. The fourth-order valence-corrected chi connectivity index (χ4v) is 5.19. The van der Waals surface area contributed by atoms with Crippen LogP contribution in [0.3, 0.4) is 0 Å². The molecular weight excluding hydrogens is 418 g/mol. The van der Waals surface area contributed by atoms with Gasteiger partial charge in [-0.25, -0.2) is 12.8 Å². The molecule has 0 amide bonds. The number of ether oxygens (including phenoxy) is 1. The molecule has 0 spiro atoms. The maximum Gasteiger partial charge on any atom is 0.327 e. The molecule has 0 saturated heterocycles. The Morgan fingerprint density at radius 2 is 2.00 bits per heavy atom. The highest BCUT2D eigenvalue weighted by molar-refractivity contribution is 7.89. The highest BCUT2D eigenvalue weighted by Gasteiger charge is 2.44. The summed E-state index contributed by atoms with van der Waals surface area (Å²) in [6, 6.07) is 4.41. The predicted octanol–water partition coefficient (Wildman–Crippen LogP) is 2.24. The number of benzene rings is 1. The average Bonchev–Trinajstić information content (AvgIpc) is 2.71. The summed E-state index contributed by atoms with van der Waals surface area (Å²) in [6.45, 7) is 0. The first-order chi connectivity index (χ1) is 13.7. The van der Waals surface area contributed by atoms with Gasteiger partial charge in [0.15, 0.2) is 0 Å². The number of methoxy groups -OCH3 is 1. The highest BCUT2D eigenvalue weighted by Crippen LogP contribution is 2.33. The number of esters is 1. The molecule has 0 radical (unpaired) electrons. The third-order valence-corrected chi connectivity index (χ3v) is 6.95. The normalized spacial score (nSPS) is 16.3. The lowest BCUT2D eigenvalue weighted by atomic mass is 9.83. The Morgan fingerprint density at radius 3 is 2.62 bits per heavy atom. The van der Waals surface area contributed by atoms with Gasteiger partial charge >= 0.3 is 5.97 Å². The molecule has 1 aromatic carbocycles. The summed E-state index contributed by atoms with van der Waals surface area (Å²) in [5.74, 6) is -0.971. The van der Waals surface area contributed by atoms with E-state index in [4.69, 9.17) is 27.7 Å². The number of sulfonamides is 1. The topological polar surface area (TPSA) is 138 Å². The van der Waals surface area contributed by atoms with E-state index >= 15 is 0 Å². The molecule has 1 heterocycles. The van der Waals surface area contributed by atoms with Gasteiger partial charge in [-0.3, -0.25) is 15.2 Å². The van der Waals surface area contributed by atoms with Crippen LogP contribution in [0.2, 0.25) is 0 Å². The molecule has 2 aromatic rings. The number of fused-ring (bicyclic) bond motifs is 1. The lowest BCUT2D eigenvalue weighted by Gasteiger charge is -2.34. The molecule has 0 aliphatic heterocycles. The minimum atomic E-state index is -4.01. The van der Waals surface area contributed by atoms with Crippen LogP contribution in [-0.4, -0.2) is 38.0 Å². The average molecular weight is 440 g/mol. The summed E-state index contributed by atoms with van der Waals surface area (Å²) < 4.78 is 34.5. The van der Waals surface area contributed by atoms with Crippen molar-refractivity contribution in [2.45, 2.75) is 42.5 Å². The molecule has 29 heavy (non-hydrogen) atoms. The molecule has 1 fully saturated rings. The monoisotopic (exact) mass is 439 g/mol. The van der Waals surface area contributed by atoms with Crippen LogP contribution in [0.5, 0.6) is 0 Å². The molecule has 11 heteroatoms. The van der Waals surface area contributed by atoms with Crippen molar-refractivity contribution in [2.24, 2.45) is 5.73 Å². The Labute approximate surface area is 173 Å². The Morgan fingerprint density at radius 1 is 1.31 bits per heavy atom. The minimum absolute atomic E-state index is 0.0123. The number of guanidine groups is 1. The quantitative estimate of drug-likeness (QED) is 0.281. The van der Waals surface area contributed by atoms with Gasteiger partial charge in [-0.2, -0.15) is 4.72 Å². The zero-order valence-electron chi connectivity index (χ0n) is 15.8. The lowest BCUT2D eigenvalue weighted by molar-refractivity contribution is -0.149. The maximum absolute atomic E-state index is 13.1. The van der Waals surface area contributed by atoms with Gasteiger partial charge in [-0.15, -0.1) is 0 Å². The number of nitrogens with one attached hydrogen (secondary N) is 2. The Balaban J connectivity index is 2.00. The highest BCUT2D eigenvalue weighted by atomic mass is 35.5. The van der Waals surface area contributed by atoms with Crippen LogP contribution in [-0.2, 0) is 19.6 Å². The van der Waals surface area contributed by atoms with E-state index in [0.29, 0.717) is 29.3 Å². The number of carbonyl (C=O) groups excluding carboxylic acids is 1. The van der Waals surface area contributed by atoms with Gasteiger partial charge in [0.05, 0.1) is 23.9 Å². The summed E-state index contributed by atoms with van der Waals surface area (Å²) in [4.78, 5) is 16.4. The van der Waals surface area contributed by atoms with E-state index < -0.39 is 27.5 Å². The van der Waals surface area contributed by atoms with Crippen molar-refractivity contribution in [1.82, 2.24) is 9.71 Å². The fourth-order valence-electron chi connectivity index (χ4n) is 3.61. The van der Waals surface area contributed by atoms with E-state index in [2.05, 4.69) is 9.71 Å². The molecule has 0 bridgehead atoms. The van der Waals surface area contributed by atoms with Crippen LogP contribution in [0.25, 0.3) is 10.8 Å². The Bertz CT molecular complexity index is 1050. The summed E-state index contributed by atoms with van der Waals surface area (Å²) in [5, 5.41) is 8.54. The Kier molecular flexibility index (Phi) is 5.97. The largest absolute Gasteiger partial charge is 0.468 e. The smallest absolute Gasteiger partial charge is 0.327 e. The van der Waals surface area contributed by atoms with Crippen molar-refractivity contribution in [3.05, 3.63) is 30.6 Å². The van der Waals surface area contributed by atoms with Crippen LogP contribution in [0, 0.1) is 5.41 Å². The third-order valence-electron chi connectivity index (χ3n) is 5.06. The first kappa shape index (κ1) is 21.3. The zero-order chi connectivity index (χ0) is 21.2. The van der Waals surface area contributed by atoms with Crippen LogP contribution >= 0.6 is 11.8 Å². The number of pyridine rings is 1. The molecule has 1 aromatic heterocycles. The van der Waals surface area contributed by atoms with Gasteiger partial charge in [-0.05, 0) is 25.0 Å². The van der Waals surface area contributed by atoms with E-state index in [1.165, 1.54) is 31.6 Å². The van der Waals surface area contributed by atoms with Crippen molar-refractivity contribution in [3.63, 3.8) is 0 Å². The molecule has 1 aliphatic carbocycles. The van der Waals surface area contributed by atoms with Crippen LogP contribution in [0.4, 0.5) is 5.69 Å². The molecule has 3 rings (SSSR count). The molecule has 4 N–H and O–H groups in total. The molecule has 1 saturated carbocycles. The number of nitrogens with zero attached hydrogens (tertiary/aromatic N) is 2. The number of hydrogen-bond acceptors (Lipinski definition) is 6. The van der Waals surface area contributed by atoms with Crippen molar-refractivity contribution in [2.75, 3.05) is 11.5 Å². The van der Waals surface area contributed by atoms with E-state index in [-0.39, 0.29) is 4.90 Å². The van der Waals surface area contributed by atoms with Crippen molar-refractivity contribution < 1.29 is 17.9 Å². The number of carbonyl (C=O) groups is 1. The van der Waals surface area contributed by atoms with Crippen molar-refractivity contribution >= 4 is 50.2 Å². The summed E-state index contributed by atoms with van der Waals surface area (Å²) in [5.41, 5.74) is 4.51. The molecule has 156 valence electrons. The molecular formula is C18H22ClN5O4S. The SMILES string of the molecule is COC(=O)C1(NS(=O)(=O)c2ccc3c(N(Cl)C(=N)N)cncc3c2)CCCCC1. The van der Waals surface area contributed by atoms with Gasteiger partial charge in [0, 0.05) is 28.7 Å². The minimum Gasteiger partial charge on any atom is -0.468 e. The molecule has 0 unspecified atom stereocenters. The Hall–Kier alpha value is -2.43. The van der Waals surface area contributed by atoms with Gasteiger partial charge in [0.2, 0.25) is 16.0 Å². The van der Waals surface area contributed by atoms with Crippen LogP contribution in [0.1, 0.15) is 32.1 Å². The second kappa shape index (κ2) is 8.13. The summed E-state index contributed by atoms with van der Waals surface area (Å²) >= 11 is 6.01. The second-order valence-electron chi connectivity index (χ2n) is 6.95. The molecule has 0 atom stereocenters. The number of nitrogens with two attached hydrogens (primary N) is 1. The number of hydrogen-bond donors (Lipinski definition) is 3. The van der Waals surface area contributed by atoms with Gasteiger partial charge in [0.1, 0.15) is 5.54 Å². The van der Waals surface area contributed by atoms with Crippen molar-refractivity contribution in [1.29, 1.82) is 5.41 Å². The van der Waals surface area contributed by atoms with E-state index in [1.54, 1.807) is 6.07 Å². The predicted molar refractivity (Wildman–Crippen MR) is 110 cm³/mol. The lowest BCUT2D eigenvalue weighted by Crippen LogP contribution is -2.55. The zero-order valence-corrected chi connectivity index (χ0v) is 17.4. The van der Waals surface area contributed by atoms with Crippen molar-refractivity contribution in [3.8, 4) is 0 Å². The van der Waals surface area contributed by atoms with Gasteiger partial charge in [-0.1, -0.05) is 25.3 Å². The van der Waals surface area contributed by atoms with E-state index in [0.717, 1.165) is 23.7 Å². The van der Waals surface area contributed by atoms with E-state index in [1.807, 2.05) is 0 Å². The van der Waals surface area contributed by atoms with Crippen LogP contribution < -0.4 is 14.9 Å². The molecule has 9 nitrogen and oxygen atoms in total.